The van der Waals surface area contributed by atoms with Crippen molar-refractivity contribution in [3.63, 3.8) is 0 Å². The van der Waals surface area contributed by atoms with Crippen molar-refractivity contribution in [2.45, 2.75) is 6.92 Å². The lowest BCUT2D eigenvalue weighted by Gasteiger charge is -2.27. The van der Waals surface area contributed by atoms with Crippen LogP contribution in [0.1, 0.15) is 15.9 Å². The number of ether oxygens (including phenoxy) is 2. The van der Waals surface area contributed by atoms with Gasteiger partial charge in [0.15, 0.2) is 0 Å². The molecule has 0 bridgehead atoms. The predicted molar refractivity (Wildman–Crippen MR) is 68.9 cm³/mol. The van der Waals surface area contributed by atoms with Gasteiger partial charge in [-0.15, -0.1) is 0 Å². The molecule has 1 amide bonds. The van der Waals surface area contributed by atoms with Gasteiger partial charge in [0, 0.05) is 18.7 Å². The number of carbonyl (C=O) groups is 1. The summed E-state index contributed by atoms with van der Waals surface area (Å²) in [6.07, 6.45) is 0. The highest BCUT2D eigenvalue weighted by molar-refractivity contribution is 5.96. The summed E-state index contributed by atoms with van der Waals surface area (Å²) in [6, 6.07) is 3.13. The van der Waals surface area contributed by atoms with Gasteiger partial charge in [0.05, 0.1) is 18.9 Å². The maximum atomic E-state index is 12.4. The molecule has 0 aromatic heterocycles. The van der Waals surface area contributed by atoms with Crippen LogP contribution in [0, 0.1) is 6.92 Å². The molecule has 0 radical (unpaired) electrons. The van der Waals surface area contributed by atoms with Crippen LogP contribution in [0.25, 0.3) is 0 Å². The lowest BCUT2D eigenvalue weighted by atomic mass is 10.1. The minimum Gasteiger partial charge on any atom is -0.461 e. The van der Waals surface area contributed by atoms with Crippen molar-refractivity contribution in [3.8, 4) is 5.75 Å². The number of nitrogens with zero attached hydrogens (tertiary/aromatic N) is 1. The maximum Gasteiger partial charge on any atom is 0.254 e. The van der Waals surface area contributed by atoms with Crippen molar-refractivity contribution in [3.05, 3.63) is 23.3 Å². The minimum atomic E-state index is -0.974. The van der Waals surface area contributed by atoms with Crippen molar-refractivity contribution in [2.75, 3.05) is 38.9 Å². The number of morpholine rings is 1. The third-order valence-corrected chi connectivity index (χ3v) is 3.10. The summed E-state index contributed by atoms with van der Waals surface area (Å²) in [4.78, 5) is 14.1. The van der Waals surface area contributed by atoms with E-state index in [0.717, 1.165) is 5.56 Å². The van der Waals surface area contributed by atoms with Crippen LogP contribution in [0.15, 0.2) is 12.1 Å². The van der Waals surface area contributed by atoms with E-state index in [9.17, 15) is 9.18 Å². The zero-order chi connectivity index (χ0) is 13.8. The molecule has 6 heteroatoms. The highest BCUT2D eigenvalue weighted by Gasteiger charge is 2.21. The van der Waals surface area contributed by atoms with Gasteiger partial charge >= 0.3 is 0 Å². The Morgan fingerprint density at radius 3 is 2.79 bits per heavy atom. The number of aryl methyl sites for hydroxylation is 1. The van der Waals surface area contributed by atoms with Gasteiger partial charge in [0.25, 0.3) is 5.91 Å². The van der Waals surface area contributed by atoms with Gasteiger partial charge in [-0.05, 0) is 24.6 Å². The Hall–Kier alpha value is -1.82. The number of nitrogens with two attached hydrogens (primary N) is 1. The summed E-state index contributed by atoms with van der Waals surface area (Å²) in [7, 11) is 0. The lowest BCUT2D eigenvalue weighted by molar-refractivity contribution is 0.0302. The number of benzene rings is 1. The van der Waals surface area contributed by atoms with Gasteiger partial charge in [-0.25, -0.2) is 4.39 Å². The topological polar surface area (TPSA) is 64.8 Å². The van der Waals surface area contributed by atoms with Crippen LogP contribution in [-0.2, 0) is 4.74 Å². The smallest absolute Gasteiger partial charge is 0.254 e. The first kappa shape index (κ1) is 13.6. The normalized spacial score (nSPS) is 15.4. The van der Waals surface area contributed by atoms with E-state index in [1.165, 1.54) is 6.07 Å². The number of carbonyl (C=O) groups excluding carboxylic acids is 1. The van der Waals surface area contributed by atoms with Crippen molar-refractivity contribution >= 4 is 11.6 Å². The van der Waals surface area contributed by atoms with E-state index in [-0.39, 0.29) is 11.7 Å². The number of rotatable bonds is 3. The fourth-order valence-electron chi connectivity index (χ4n) is 2.06. The molecule has 2 N–H and O–H groups in total. The van der Waals surface area contributed by atoms with Crippen molar-refractivity contribution in [1.29, 1.82) is 0 Å². The third-order valence-electron chi connectivity index (χ3n) is 3.10. The molecule has 104 valence electrons. The van der Waals surface area contributed by atoms with Gasteiger partial charge in [0.1, 0.15) is 5.75 Å². The number of hydrogen-bond acceptors (Lipinski definition) is 4. The molecule has 2 rings (SSSR count). The Morgan fingerprint density at radius 2 is 2.16 bits per heavy atom. The molecule has 1 aliphatic rings. The van der Waals surface area contributed by atoms with Crippen LogP contribution in [-0.4, -0.2) is 44.0 Å². The van der Waals surface area contributed by atoms with Crippen LogP contribution >= 0.6 is 0 Å². The van der Waals surface area contributed by atoms with Crippen molar-refractivity contribution in [2.24, 2.45) is 0 Å². The fourth-order valence-corrected chi connectivity index (χ4v) is 2.06. The molecule has 0 aliphatic carbocycles. The Morgan fingerprint density at radius 1 is 1.47 bits per heavy atom. The third kappa shape index (κ3) is 2.96. The van der Waals surface area contributed by atoms with Crippen molar-refractivity contribution < 1.29 is 18.7 Å². The molecular weight excluding hydrogens is 251 g/mol. The number of anilines is 1. The van der Waals surface area contributed by atoms with E-state index in [1.807, 2.05) is 0 Å². The molecule has 0 atom stereocenters. The Balaban J connectivity index is 2.27. The average Bonchev–Trinajstić information content (AvgIpc) is 2.42. The first-order valence-electron chi connectivity index (χ1n) is 6.09. The first-order chi connectivity index (χ1) is 9.13. The zero-order valence-electron chi connectivity index (χ0n) is 10.8. The monoisotopic (exact) mass is 268 g/mol. The lowest BCUT2D eigenvalue weighted by Crippen LogP contribution is -2.41. The molecular formula is C13H17FN2O3. The van der Waals surface area contributed by atoms with Crippen molar-refractivity contribution in [1.82, 2.24) is 4.90 Å². The summed E-state index contributed by atoms with van der Waals surface area (Å²) in [5, 5.41) is 0. The Kier molecular flexibility index (Phi) is 4.21. The second-order valence-corrected chi connectivity index (χ2v) is 4.36. The molecule has 1 aliphatic heterocycles. The molecule has 1 aromatic rings. The van der Waals surface area contributed by atoms with Gasteiger partial charge in [0.2, 0.25) is 6.86 Å². The summed E-state index contributed by atoms with van der Waals surface area (Å²) >= 11 is 0. The maximum absolute atomic E-state index is 12.4. The molecule has 1 aromatic carbocycles. The number of hydrogen-bond donors (Lipinski definition) is 1. The van der Waals surface area contributed by atoms with Crippen LogP contribution in [0.4, 0.5) is 10.1 Å². The van der Waals surface area contributed by atoms with Gasteiger partial charge in [-0.2, -0.15) is 0 Å². The largest absolute Gasteiger partial charge is 0.461 e. The fraction of sp³-hybridized carbons (Fsp3) is 0.462. The van der Waals surface area contributed by atoms with E-state index >= 15 is 0 Å². The summed E-state index contributed by atoms with van der Waals surface area (Å²) < 4.78 is 22.2. The minimum absolute atomic E-state index is 0.107. The molecule has 0 unspecified atom stereocenters. The van der Waals surface area contributed by atoms with Crippen LogP contribution < -0.4 is 10.5 Å². The molecule has 1 heterocycles. The van der Waals surface area contributed by atoms with E-state index in [1.54, 1.807) is 17.9 Å². The predicted octanol–water partition coefficient (Wildman–Crippen LogP) is 1.36. The van der Waals surface area contributed by atoms with E-state index in [4.69, 9.17) is 15.2 Å². The first-order valence-corrected chi connectivity index (χ1v) is 6.09. The van der Waals surface area contributed by atoms with Gasteiger partial charge in [-0.3, -0.25) is 4.79 Å². The molecule has 5 nitrogen and oxygen atoms in total. The number of halogens is 1. The SMILES string of the molecule is Cc1cc(N)c(OCF)cc1C(=O)N1CCOCC1. The number of nitrogen functional groups attached to an aromatic ring is 1. The van der Waals surface area contributed by atoms with Gasteiger partial charge in [-0.1, -0.05) is 0 Å². The Bertz CT molecular complexity index is 473. The van der Waals surface area contributed by atoms with E-state index < -0.39 is 6.86 Å². The second-order valence-electron chi connectivity index (χ2n) is 4.36. The second kappa shape index (κ2) is 5.88. The Labute approximate surface area is 111 Å². The standard InChI is InChI=1S/C13H17FN2O3/c1-9-6-11(15)12(19-8-14)7-10(9)13(17)16-2-4-18-5-3-16/h6-7H,2-5,8,15H2,1H3. The van der Waals surface area contributed by atoms with Crippen LogP contribution in [0.2, 0.25) is 0 Å². The summed E-state index contributed by atoms with van der Waals surface area (Å²) in [5.41, 5.74) is 7.28. The summed E-state index contributed by atoms with van der Waals surface area (Å²) in [6.45, 7) is 3.01. The highest BCUT2D eigenvalue weighted by atomic mass is 19.1. The summed E-state index contributed by atoms with van der Waals surface area (Å²) in [5.74, 6) is 0.0919. The molecule has 1 fully saturated rings. The quantitative estimate of drug-likeness (QED) is 0.841. The molecule has 0 saturated carbocycles. The van der Waals surface area contributed by atoms with Crippen LogP contribution in [0.3, 0.4) is 0 Å². The zero-order valence-corrected chi connectivity index (χ0v) is 10.8. The number of alkyl halides is 1. The molecule has 19 heavy (non-hydrogen) atoms. The average molecular weight is 268 g/mol. The van der Waals surface area contributed by atoms with Gasteiger partial charge < -0.3 is 20.1 Å². The van der Waals surface area contributed by atoms with Crippen LogP contribution in [0.5, 0.6) is 5.75 Å². The number of amides is 1. The van der Waals surface area contributed by atoms with E-state index in [2.05, 4.69) is 0 Å². The highest BCUT2D eigenvalue weighted by Crippen LogP contribution is 2.27. The molecule has 1 saturated heterocycles. The molecule has 0 spiro atoms. The van der Waals surface area contributed by atoms with E-state index in [0.29, 0.717) is 37.6 Å².